The highest BCUT2D eigenvalue weighted by Gasteiger charge is 2.19. The van der Waals surface area contributed by atoms with E-state index in [4.69, 9.17) is 10.5 Å². The molecule has 0 heterocycles. The number of hydrogen-bond donors (Lipinski definition) is 2. The molecule has 1 aromatic carbocycles. The normalized spacial score (nSPS) is 10.7. The van der Waals surface area contributed by atoms with Crippen molar-refractivity contribution in [3.05, 3.63) is 23.8 Å². The molecule has 0 aliphatic rings. The van der Waals surface area contributed by atoms with Crippen LogP contribution in [0.4, 0.5) is 0 Å². The van der Waals surface area contributed by atoms with Gasteiger partial charge < -0.3 is 10.5 Å². The first-order valence-electron chi connectivity index (χ1n) is 5.91. The Labute approximate surface area is 114 Å². The Morgan fingerprint density at radius 1 is 1.42 bits per heavy atom. The van der Waals surface area contributed by atoms with Crippen molar-refractivity contribution in [3.8, 4) is 17.6 Å². The van der Waals surface area contributed by atoms with Gasteiger partial charge in [0, 0.05) is 12.1 Å². The van der Waals surface area contributed by atoms with Crippen molar-refractivity contribution in [1.82, 2.24) is 4.72 Å². The summed E-state index contributed by atoms with van der Waals surface area (Å²) in [5.41, 5.74) is 5.88. The molecule has 0 atom stereocenters. The molecular weight excluding hydrogens is 264 g/mol. The van der Waals surface area contributed by atoms with E-state index in [2.05, 4.69) is 16.6 Å². The Hall–Kier alpha value is -1.55. The van der Waals surface area contributed by atoms with Crippen LogP contribution in [-0.2, 0) is 10.0 Å². The van der Waals surface area contributed by atoms with Gasteiger partial charge in [-0.2, -0.15) is 0 Å². The number of methoxy groups -OCH3 is 1. The second-order valence-corrected chi connectivity index (χ2v) is 5.50. The fourth-order valence-electron chi connectivity index (χ4n) is 1.43. The van der Waals surface area contributed by atoms with Crippen LogP contribution in [0.3, 0.4) is 0 Å². The molecular formula is C13H18N2O3S. The predicted molar refractivity (Wildman–Crippen MR) is 74.4 cm³/mol. The molecule has 0 spiro atoms. The Morgan fingerprint density at radius 3 is 2.74 bits per heavy atom. The zero-order valence-electron chi connectivity index (χ0n) is 11.1. The summed E-state index contributed by atoms with van der Waals surface area (Å²) in [4.78, 5) is 0.0901. The molecule has 0 saturated carbocycles. The van der Waals surface area contributed by atoms with Gasteiger partial charge in [-0.15, -0.1) is 0 Å². The smallest absolute Gasteiger partial charge is 0.244 e. The summed E-state index contributed by atoms with van der Waals surface area (Å²) in [7, 11) is -2.16. The molecule has 5 nitrogen and oxygen atoms in total. The molecule has 19 heavy (non-hydrogen) atoms. The van der Waals surface area contributed by atoms with Gasteiger partial charge in [0.05, 0.1) is 13.7 Å². The minimum absolute atomic E-state index is 0.0901. The lowest BCUT2D eigenvalue weighted by atomic mass is 10.2. The first-order valence-corrected chi connectivity index (χ1v) is 7.40. The van der Waals surface area contributed by atoms with Crippen LogP contribution in [0, 0.1) is 11.8 Å². The molecule has 1 aromatic rings. The lowest BCUT2D eigenvalue weighted by Crippen LogP contribution is -2.25. The third kappa shape index (κ3) is 4.24. The highest BCUT2D eigenvalue weighted by atomic mass is 32.2. The molecule has 0 unspecified atom stereocenters. The predicted octanol–water partition coefficient (Wildman–Crippen LogP) is 0.694. The molecule has 0 fully saturated rings. The van der Waals surface area contributed by atoms with E-state index in [1.807, 2.05) is 6.92 Å². The van der Waals surface area contributed by atoms with E-state index in [0.717, 1.165) is 0 Å². The average molecular weight is 282 g/mol. The molecule has 6 heteroatoms. The fraction of sp³-hybridized carbons (Fsp3) is 0.385. The van der Waals surface area contributed by atoms with Crippen molar-refractivity contribution < 1.29 is 13.2 Å². The summed E-state index contributed by atoms with van der Waals surface area (Å²) < 4.78 is 31.8. The molecule has 0 aliphatic carbocycles. The Bertz CT molecular complexity index is 586. The number of ether oxygens (including phenoxy) is 1. The molecule has 0 radical (unpaired) electrons. The van der Waals surface area contributed by atoms with Crippen LogP contribution in [0.5, 0.6) is 5.75 Å². The Kier molecular flexibility index (Phi) is 5.83. The Balaban J connectivity index is 3.22. The molecule has 1 rings (SSSR count). The lowest BCUT2D eigenvalue weighted by molar-refractivity contribution is 0.402. The quantitative estimate of drug-likeness (QED) is 0.779. The fourth-order valence-corrected chi connectivity index (χ4v) is 2.76. The van der Waals surface area contributed by atoms with Crippen molar-refractivity contribution >= 4 is 10.0 Å². The van der Waals surface area contributed by atoms with Gasteiger partial charge in [0.2, 0.25) is 10.0 Å². The molecule has 0 aliphatic heterocycles. The van der Waals surface area contributed by atoms with Crippen molar-refractivity contribution in [3.63, 3.8) is 0 Å². The third-order valence-corrected chi connectivity index (χ3v) is 3.81. The molecule has 0 amide bonds. The summed E-state index contributed by atoms with van der Waals surface area (Å²) in [6.07, 6.45) is 0.716. The molecule has 3 N–H and O–H groups in total. The summed E-state index contributed by atoms with van der Waals surface area (Å²) in [5.74, 6) is 5.78. The zero-order chi connectivity index (χ0) is 14.3. The molecule has 104 valence electrons. The summed E-state index contributed by atoms with van der Waals surface area (Å²) in [5, 5.41) is 0. The maximum absolute atomic E-state index is 12.1. The number of nitrogens with one attached hydrogen (secondary N) is 1. The summed E-state index contributed by atoms with van der Waals surface area (Å²) in [6, 6.07) is 4.76. The van der Waals surface area contributed by atoms with Crippen molar-refractivity contribution in [2.75, 3.05) is 20.2 Å². The SMILES string of the molecule is CCCNS(=O)(=O)c1cc(C#CCN)ccc1OC. The van der Waals surface area contributed by atoms with E-state index in [0.29, 0.717) is 24.3 Å². The van der Waals surface area contributed by atoms with Crippen LogP contribution in [0.1, 0.15) is 18.9 Å². The maximum Gasteiger partial charge on any atom is 0.244 e. The van der Waals surface area contributed by atoms with Gasteiger partial charge in [0.15, 0.2) is 0 Å². The largest absolute Gasteiger partial charge is 0.495 e. The number of rotatable bonds is 5. The Morgan fingerprint density at radius 2 is 2.16 bits per heavy atom. The van der Waals surface area contributed by atoms with Crippen LogP contribution in [0.2, 0.25) is 0 Å². The highest BCUT2D eigenvalue weighted by molar-refractivity contribution is 7.89. The van der Waals surface area contributed by atoms with Crippen LogP contribution in [0.15, 0.2) is 23.1 Å². The van der Waals surface area contributed by atoms with Gasteiger partial charge in [0.1, 0.15) is 10.6 Å². The first kappa shape index (κ1) is 15.5. The molecule has 0 bridgehead atoms. The van der Waals surface area contributed by atoms with Gasteiger partial charge in [-0.25, -0.2) is 13.1 Å². The van der Waals surface area contributed by atoms with Gasteiger partial charge >= 0.3 is 0 Å². The van der Waals surface area contributed by atoms with Crippen LogP contribution < -0.4 is 15.2 Å². The van der Waals surface area contributed by atoms with E-state index in [-0.39, 0.29) is 11.4 Å². The van der Waals surface area contributed by atoms with Crippen molar-refractivity contribution in [2.24, 2.45) is 5.73 Å². The van der Waals surface area contributed by atoms with Crippen LogP contribution in [0.25, 0.3) is 0 Å². The number of benzene rings is 1. The van der Waals surface area contributed by atoms with E-state index in [1.54, 1.807) is 12.1 Å². The molecule has 0 saturated heterocycles. The van der Waals surface area contributed by atoms with E-state index in [1.165, 1.54) is 13.2 Å². The number of hydrogen-bond acceptors (Lipinski definition) is 4. The van der Waals surface area contributed by atoms with Gasteiger partial charge in [-0.3, -0.25) is 0 Å². The first-order chi connectivity index (χ1) is 9.05. The standard InChI is InChI=1S/C13H18N2O3S/c1-3-9-15-19(16,17)13-10-11(5-4-8-14)6-7-12(13)18-2/h6-7,10,15H,3,8-9,14H2,1-2H3. The third-order valence-electron chi connectivity index (χ3n) is 2.33. The van der Waals surface area contributed by atoms with Gasteiger partial charge in [-0.05, 0) is 24.6 Å². The second kappa shape index (κ2) is 7.14. The van der Waals surface area contributed by atoms with E-state index in [9.17, 15) is 8.42 Å². The highest BCUT2D eigenvalue weighted by Crippen LogP contribution is 2.24. The van der Waals surface area contributed by atoms with Crippen molar-refractivity contribution in [1.29, 1.82) is 0 Å². The van der Waals surface area contributed by atoms with Gasteiger partial charge in [0.25, 0.3) is 0 Å². The summed E-state index contributed by atoms with van der Waals surface area (Å²) >= 11 is 0. The van der Waals surface area contributed by atoms with E-state index < -0.39 is 10.0 Å². The minimum Gasteiger partial charge on any atom is -0.495 e. The number of sulfonamides is 1. The van der Waals surface area contributed by atoms with Crippen LogP contribution in [-0.4, -0.2) is 28.6 Å². The summed E-state index contributed by atoms with van der Waals surface area (Å²) in [6.45, 7) is 2.50. The van der Waals surface area contributed by atoms with Crippen molar-refractivity contribution in [2.45, 2.75) is 18.2 Å². The van der Waals surface area contributed by atoms with Crippen LogP contribution >= 0.6 is 0 Å². The average Bonchev–Trinajstić information content (AvgIpc) is 2.42. The number of nitrogens with two attached hydrogens (primary N) is 1. The minimum atomic E-state index is -3.59. The molecule has 0 aromatic heterocycles. The lowest BCUT2D eigenvalue weighted by Gasteiger charge is -2.10. The maximum atomic E-state index is 12.1. The van der Waals surface area contributed by atoms with E-state index >= 15 is 0 Å². The topological polar surface area (TPSA) is 81.4 Å². The second-order valence-electron chi connectivity index (χ2n) is 3.77. The monoisotopic (exact) mass is 282 g/mol. The zero-order valence-corrected chi connectivity index (χ0v) is 11.9. The van der Waals surface area contributed by atoms with Gasteiger partial charge in [-0.1, -0.05) is 18.8 Å².